The summed E-state index contributed by atoms with van der Waals surface area (Å²) >= 11 is 0. The molecule has 0 aliphatic rings. The summed E-state index contributed by atoms with van der Waals surface area (Å²) in [5, 5.41) is 13.6. The first-order valence-electron chi connectivity index (χ1n) is 8.00. The first-order valence-corrected chi connectivity index (χ1v) is 8.00. The maximum absolute atomic E-state index is 11.9. The molecular formula is C17H25N3O4. The Kier molecular flexibility index (Phi) is 8.49. The van der Waals surface area contributed by atoms with Crippen molar-refractivity contribution in [3.8, 4) is 0 Å². The van der Waals surface area contributed by atoms with E-state index >= 15 is 0 Å². The Bertz CT molecular complexity index is 557. The predicted molar refractivity (Wildman–Crippen MR) is 92.1 cm³/mol. The third kappa shape index (κ3) is 7.73. The maximum Gasteiger partial charge on any atom is 0.322 e. The zero-order valence-corrected chi connectivity index (χ0v) is 14.2. The van der Waals surface area contributed by atoms with Crippen LogP contribution in [0.15, 0.2) is 24.3 Å². The molecule has 0 aliphatic carbocycles. The van der Waals surface area contributed by atoms with Crippen molar-refractivity contribution in [1.82, 2.24) is 10.2 Å². The van der Waals surface area contributed by atoms with Crippen molar-refractivity contribution in [2.45, 2.75) is 26.2 Å². The summed E-state index contributed by atoms with van der Waals surface area (Å²) in [6, 6.07) is 6.32. The first kappa shape index (κ1) is 19.6. The van der Waals surface area contributed by atoms with Gasteiger partial charge >= 0.3 is 5.97 Å². The number of rotatable bonds is 10. The van der Waals surface area contributed by atoms with Crippen molar-refractivity contribution in [3.05, 3.63) is 29.8 Å². The van der Waals surface area contributed by atoms with Gasteiger partial charge in [0.25, 0.3) is 5.91 Å². The largest absolute Gasteiger partial charge is 0.480 e. The third-order valence-corrected chi connectivity index (χ3v) is 3.44. The lowest BCUT2D eigenvalue weighted by Crippen LogP contribution is -2.29. The van der Waals surface area contributed by atoms with Gasteiger partial charge in [-0.15, -0.1) is 0 Å². The number of carboxylic acid groups (broad SMARTS) is 1. The number of benzene rings is 1. The number of aliphatic carboxylic acids is 1. The first-order chi connectivity index (χ1) is 11.4. The van der Waals surface area contributed by atoms with Crippen LogP contribution in [0.4, 0.5) is 5.69 Å². The van der Waals surface area contributed by atoms with Crippen LogP contribution in [0.3, 0.4) is 0 Å². The van der Waals surface area contributed by atoms with E-state index in [0.717, 1.165) is 19.4 Å². The minimum Gasteiger partial charge on any atom is -0.480 e. The number of unbranched alkanes of at least 4 members (excludes halogenated alkanes) is 1. The molecule has 1 aromatic carbocycles. The number of carboxylic acids is 1. The molecule has 132 valence electrons. The lowest BCUT2D eigenvalue weighted by atomic mass is 10.2. The molecule has 0 atom stereocenters. The summed E-state index contributed by atoms with van der Waals surface area (Å²) in [7, 11) is 1.99. The molecule has 0 unspecified atom stereocenters. The molecule has 0 saturated heterocycles. The van der Waals surface area contributed by atoms with Gasteiger partial charge in [-0.05, 0) is 44.3 Å². The van der Waals surface area contributed by atoms with Crippen molar-refractivity contribution < 1.29 is 19.5 Å². The average molecular weight is 335 g/mol. The van der Waals surface area contributed by atoms with Crippen molar-refractivity contribution in [1.29, 1.82) is 0 Å². The van der Waals surface area contributed by atoms with Crippen molar-refractivity contribution in [3.63, 3.8) is 0 Å². The highest BCUT2D eigenvalue weighted by molar-refractivity contribution is 5.97. The molecule has 0 aliphatic heterocycles. The van der Waals surface area contributed by atoms with Crippen LogP contribution in [-0.4, -0.2) is 54.5 Å². The second-order valence-electron chi connectivity index (χ2n) is 5.61. The molecule has 1 aromatic rings. The van der Waals surface area contributed by atoms with E-state index < -0.39 is 18.4 Å². The molecule has 0 saturated carbocycles. The molecule has 3 N–H and O–H groups in total. The van der Waals surface area contributed by atoms with Crippen LogP contribution in [0, 0.1) is 0 Å². The number of carbonyl (C=O) groups excluding carboxylic acids is 2. The van der Waals surface area contributed by atoms with E-state index in [1.54, 1.807) is 24.3 Å². The molecule has 7 nitrogen and oxygen atoms in total. The van der Waals surface area contributed by atoms with Crippen LogP contribution in [0.5, 0.6) is 0 Å². The lowest BCUT2D eigenvalue weighted by molar-refractivity contribution is -0.135. The van der Waals surface area contributed by atoms with Crippen molar-refractivity contribution in [2.75, 3.05) is 32.0 Å². The van der Waals surface area contributed by atoms with Gasteiger partial charge in [0.2, 0.25) is 5.91 Å². The molecule has 0 spiro atoms. The zero-order chi connectivity index (χ0) is 17.9. The van der Waals surface area contributed by atoms with E-state index in [-0.39, 0.29) is 5.91 Å². The summed E-state index contributed by atoms with van der Waals surface area (Å²) in [4.78, 5) is 36.1. The smallest absolute Gasteiger partial charge is 0.322 e. The third-order valence-electron chi connectivity index (χ3n) is 3.44. The summed E-state index contributed by atoms with van der Waals surface area (Å²) in [5.74, 6) is -1.65. The Labute approximate surface area is 142 Å². The summed E-state index contributed by atoms with van der Waals surface area (Å²) in [6.45, 7) is 3.38. The van der Waals surface area contributed by atoms with E-state index in [0.29, 0.717) is 24.2 Å². The molecule has 0 fully saturated rings. The van der Waals surface area contributed by atoms with Crippen LogP contribution in [0.2, 0.25) is 0 Å². The van der Waals surface area contributed by atoms with Gasteiger partial charge in [0.1, 0.15) is 6.54 Å². The van der Waals surface area contributed by atoms with E-state index in [1.165, 1.54) is 0 Å². The van der Waals surface area contributed by atoms with E-state index in [2.05, 4.69) is 22.5 Å². The number of nitrogens with one attached hydrogen (secondary N) is 2. The normalized spacial score (nSPS) is 10.5. The van der Waals surface area contributed by atoms with Gasteiger partial charge in [0, 0.05) is 24.2 Å². The second kappa shape index (κ2) is 10.4. The topological polar surface area (TPSA) is 98.7 Å². The Morgan fingerprint density at radius 2 is 1.79 bits per heavy atom. The number of nitrogens with zero attached hydrogens (tertiary/aromatic N) is 1. The van der Waals surface area contributed by atoms with Gasteiger partial charge in [-0.1, -0.05) is 13.3 Å². The number of amides is 2. The van der Waals surface area contributed by atoms with E-state index in [4.69, 9.17) is 5.11 Å². The Morgan fingerprint density at radius 3 is 2.38 bits per heavy atom. The Balaban J connectivity index is 2.41. The van der Waals surface area contributed by atoms with Crippen LogP contribution in [0.1, 0.15) is 36.5 Å². The molecule has 0 heterocycles. The van der Waals surface area contributed by atoms with E-state index in [9.17, 15) is 14.4 Å². The summed E-state index contributed by atoms with van der Waals surface area (Å²) in [5.41, 5.74) is 0.944. The molecule has 24 heavy (non-hydrogen) atoms. The standard InChI is InChI=1S/C17H25N3O4/c1-3-4-10-20(2)11-9-15(21)19-14-7-5-13(6-8-14)17(24)18-12-16(22)23/h5-8H,3-4,9-12H2,1-2H3,(H,18,24)(H,19,21)(H,22,23). The minimum absolute atomic E-state index is 0.0820. The second-order valence-corrected chi connectivity index (χ2v) is 5.61. The minimum atomic E-state index is -1.10. The molecule has 7 heteroatoms. The van der Waals surface area contributed by atoms with Gasteiger partial charge in [0.05, 0.1) is 0 Å². The van der Waals surface area contributed by atoms with Gasteiger partial charge in [-0.25, -0.2) is 0 Å². The fourth-order valence-electron chi connectivity index (χ4n) is 2.02. The van der Waals surface area contributed by atoms with Crippen molar-refractivity contribution >= 4 is 23.5 Å². The van der Waals surface area contributed by atoms with Gasteiger partial charge in [0.15, 0.2) is 0 Å². The quantitative estimate of drug-likeness (QED) is 0.603. The predicted octanol–water partition coefficient (Wildman–Crippen LogP) is 1.56. The fraction of sp³-hybridized carbons (Fsp3) is 0.471. The summed E-state index contributed by atoms with van der Waals surface area (Å²) in [6.07, 6.45) is 2.65. The highest BCUT2D eigenvalue weighted by atomic mass is 16.4. The number of hydrogen-bond donors (Lipinski definition) is 3. The van der Waals surface area contributed by atoms with Gasteiger partial charge in [-0.3, -0.25) is 14.4 Å². The fourth-order valence-corrected chi connectivity index (χ4v) is 2.02. The van der Waals surface area contributed by atoms with Gasteiger partial charge < -0.3 is 20.6 Å². The summed E-state index contributed by atoms with van der Waals surface area (Å²) < 4.78 is 0. The maximum atomic E-state index is 11.9. The lowest BCUT2D eigenvalue weighted by Gasteiger charge is -2.15. The van der Waals surface area contributed by atoms with Crippen LogP contribution < -0.4 is 10.6 Å². The number of anilines is 1. The molecule has 0 bridgehead atoms. The molecule has 2 amide bonds. The van der Waals surface area contributed by atoms with Crippen LogP contribution >= 0.6 is 0 Å². The Hall–Kier alpha value is -2.41. The number of hydrogen-bond acceptors (Lipinski definition) is 4. The molecule has 1 rings (SSSR count). The highest BCUT2D eigenvalue weighted by Crippen LogP contribution is 2.10. The molecule has 0 aromatic heterocycles. The Morgan fingerprint density at radius 1 is 1.12 bits per heavy atom. The van der Waals surface area contributed by atoms with Crippen LogP contribution in [0.25, 0.3) is 0 Å². The monoisotopic (exact) mass is 335 g/mol. The van der Waals surface area contributed by atoms with Gasteiger partial charge in [-0.2, -0.15) is 0 Å². The van der Waals surface area contributed by atoms with E-state index in [1.807, 2.05) is 7.05 Å². The molecule has 0 radical (unpaired) electrons. The average Bonchev–Trinajstić information content (AvgIpc) is 2.56. The van der Waals surface area contributed by atoms with Crippen molar-refractivity contribution in [2.24, 2.45) is 0 Å². The zero-order valence-electron chi connectivity index (χ0n) is 14.2. The molecular weight excluding hydrogens is 310 g/mol. The highest BCUT2D eigenvalue weighted by Gasteiger charge is 2.08. The van der Waals surface area contributed by atoms with Crippen LogP contribution in [-0.2, 0) is 9.59 Å². The number of carbonyl (C=O) groups is 3. The SMILES string of the molecule is CCCCN(C)CCC(=O)Nc1ccc(C(=O)NCC(=O)O)cc1.